The van der Waals surface area contributed by atoms with Crippen molar-refractivity contribution in [2.75, 3.05) is 18.5 Å². The standard InChI is InChI=1S/C32H40N4O6/c1-20-9-8-12-25(21(20)2)28(29(39)34-24-14-13-22-10-6-7-11-23(22)19-24)36(17-18-37)30(40)26(15-16-27(33)38)35-31(41)42-32(3,4)5/h6-14,19,26,28,37H,15-18H2,1-5H3,(H2,33,38)(H,34,39)(H,35,41). The molecule has 0 aromatic heterocycles. The number of rotatable bonds is 11. The highest BCUT2D eigenvalue weighted by atomic mass is 16.6. The number of fused-ring (bicyclic) bond motifs is 1. The van der Waals surface area contributed by atoms with E-state index in [1.54, 1.807) is 39.0 Å². The molecule has 4 amide bonds. The maximum Gasteiger partial charge on any atom is 0.408 e. The molecule has 3 aromatic rings. The van der Waals surface area contributed by atoms with Crippen LogP contribution in [0.2, 0.25) is 0 Å². The van der Waals surface area contributed by atoms with Crippen molar-refractivity contribution >= 4 is 40.3 Å². The van der Waals surface area contributed by atoms with Gasteiger partial charge in [0.2, 0.25) is 11.8 Å². The molecule has 0 bridgehead atoms. The van der Waals surface area contributed by atoms with Gasteiger partial charge in [-0.2, -0.15) is 0 Å². The number of aryl methyl sites for hydroxylation is 1. The monoisotopic (exact) mass is 576 g/mol. The lowest BCUT2D eigenvalue weighted by Gasteiger charge is -2.35. The van der Waals surface area contributed by atoms with Crippen LogP contribution in [0.5, 0.6) is 0 Å². The van der Waals surface area contributed by atoms with Crippen LogP contribution in [0.4, 0.5) is 10.5 Å². The Morgan fingerprint density at radius 3 is 2.31 bits per heavy atom. The summed E-state index contributed by atoms with van der Waals surface area (Å²) >= 11 is 0. The zero-order valence-corrected chi connectivity index (χ0v) is 24.8. The number of hydrogen-bond acceptors (Lipinski definition) is 6. The van der Waals surface area contributed by atoms with E-state index in [1.807, 2.05) is 56.3 Å². The van der Waals surface area contributed by atoms with E-state index in [0.717, 1.165) is 21.9 Å². The lowest BCUT2D eigenvalue weighted by atomic mass is 9.94. The number of ether oxygens (including phenoxy) is 1. The molecule has 224 valence electrons. The summed E-state index contributed by atoms with van der Waals surface area (Å²) in [5.41, 5.74) is 7.30. The Kier molecular flexibility index (Phi) is 10.7. The largest absolute Gasteiger partial charge is 0.444 e. The van der Waals surface area contributed by atoms with Gasteiger partial charge in [0.25, 0.3) is 5.91 Å². The van der Waals surface area contributed by atoms with Crippen molar-refractivity contribution in [2.45, 2.75) is 65.1 Å². The second-order valence-corrected chi connectivity index (χ2v) is 11.2. The van der Waals surface area contributed by atoms with Gasteiger partial charge in [0.15, 0.2) is 0 Å². The van der Waals surface area contributed by atoms with Gasteiger partial charge in [-0.15, -0.1) is 0 Å². The van der Waals surface area contributed by atoms with Crippen molar-refractivity contribution in [1.82, 2.24) is 10.2 Å². The van der Waals surface area contributed by atoms with Crippen molar-refractivity contribution in [3.8, 4) is 0 Å². The molecule has 0 radical (unpaired) electrons. The highest BCUT2D eigenvalue weighted by molar-refractivity contribution is 6.00. The molecule has 3 aromatic carbocycles. The first-order valence-electron chi connectivity index (χ1n) is 13.9. The summed E-state index contributed by atoms with van der Waals surface area (Å²) in [6.07, 6.45) is -1.18. The fourth-order valence-corrected chi connectivity index (χ4v) is 4.67. The Hall–Kier alpha value is -4.44. The molecule has 5 N–H and O–H groups in total. The fraction of sp³-hybridized carbons (Fsp3) is 0.375. The molecule has 10 heteroatoms. The molecule has 0 heterocycles. The normalized spacial score (nSPS) is 12.7. The number of benzene rings is 3. The molecule has 0 aliphatic carbocycles. The topological polar surface area (TPSA) is 151 Å². The van der Waals surface area contributed by atoms with Crippen LogP contribution >= 0.6 is 0 Å². The minimum absolute atomic E-state index is 0.124. The maximum atomic E-state index is 14.1. The third-order valence-corrected chi connectivity index (χ3v) is 6.81. The van der Waals surface area contributed by atoms with Crippen LogP contribution in [0.3, 0.4) is 0 Å². The second-order valence-electron chi connectivity index (χ2n) is 11.2. The Balaban J connectivity index is 2.05. The number of nitrogens with one attached hydrogen (secondary N) is 2. The van der Waals surface area contributed by atoms with Crippen molar-refractivity contribution in [3.63, 3.8) is 0 Å². The van der Waals surface area contributed by atoms with E-state index in [4.69, 9.17) is 10.5 Å². The van der Waals surface area contributed by atoms with E-state index in [-0.39, 0.29) is 19.4 Å². The summed E-state index contributed by atoms with van der Waals surface area (Å²) in [5, 5.41) is 17.4. The summed E-state index contributed by atoms with van der Waals surface area (Å²) in [5.74, 6) is -1.84. The highest BCUT2D eigenvalue weighted by Gasteiger charge is 2.37. The van der Waals surface area contributed by atoms with E-state index in [2.05, 4.69) is 10.6 Å². The molecule has 0 saturated carbocycles. The number of carbonyl (C=O) groups is 4. The van der Waals surface area contributed by atoms with Crippen LogP contribution in [0, 0.1) is 13.8 Å². The van der Waals surface area contributed by atoms with Gasteiger partial charge in [-0.25, -0.2) is 4.79 Å². The van der Waals surface area contributed by atoms with Gasteiger partial charge < -0.3 is 31.1 Å². The summed E-state index contributed by atoms with van der Waals surface area (Å²) in [6.45, 7) is 8.12. The van der Waals surface area contributed by atoms with Crippen molar-refractivity contribution in [3.05, 3.63) is 77.4 Å². The molecule has 42 heavy (non-hydrogen) atoms. The zero-order valence-electron chi connectivity index (χ0n) is 24.8. The smallest absolute Gasteiger partial charge is 0.408 e. The summed E-state index contributed by atoms with van der Waals surface area (Å²) in [7, 11) is 0. The number of aliphatic hydroxyl groups excluding tert-OH is 1. The van der Waals surface area contributed by atoms with Crippen LogP contribution in [0.1, 0.15) is 56.3 Å². The van der Waals surface area contributed by atoms with Gasteiger partial charge in [-0.05, 0) is 80.6 Å². The predicted molar refractivity (Wildman–Crippen MR) is 162 cm³/mol. The second kappa shape index (κ2) is 14.0. The van der Waals surface area contributed by atoms with Crippen molar-refractivity contribution in [2.24, 2.45) is 5.73 Å². The van der Waals surface area contributed by atoms with Crippen LogP contribution in [0.15, 0.2) is 60.7 Å². The number of anilines is 1. The number of alkyl carbamates (subject to hydrolysis) is 1. The quantitative estimate of drug-likeness (QED) is 0.270. The first-order valence-corrected chi connectivity index (χ1v) is 13.9. The average molecular weight is 577 g/mol. The van der Waals surface area contributed by atoms with Crippen LogP contribution in [0.25, 0.3) is 10.8 Å². The zero-order chi connectivity index (χ0) is 31.0. The number of nitrogens with two attached hydrogens (primary N) is 1. The first kappa shape index (κ1) is 32.1. The molecule has 10 nitrogen and oxygen atoms in total. The van der Waals surface area contributed by atoms with Gasteiger partial charge in [0.05, 0.1) is 6.61 Å². The fourth-order valence-electron chi connectivity index (χ4n) is 4.67. The van der Waals surface area contributed by atoms with E-state index in [0.29, 0.717) is 11.3 Å². The van der Waals surface area contributed by atoms with E-state index >= 15 is 0 Å². The number of aliphatic hydroxyl groups is 1. The number of carbonyl (C=O) groups excluding carboxylic acids is 4. The lowest BCUT2D eigenvalue weighted by Crippen LogP contribution is -2.53. The summed E-state index contributed by atoms with van der Waals surface area (Å²) in [6, 6.07) is 16.2. The number of hydrogen-bond donors (Lipinski definition) is 4. The van der Waals surface area contributed by atoms with Gasteiger partial charge >= 0.3 is 6.09 Å². The van der Waals surface area contributed by atoms with Gasteiger partial charge in [-0.1, -0.05) is 48.5 Å². The molecular weight excluding hydrogens is 536 g/mol. The van der Waals surface area contributed by atoms with Gasteiger partial charge in [0.1, 0.15) is 17.7 Å². The predicted octanol–water partition coefficient (Wildman–Crippen LogP) is 4.12. The molecule has 3 rings (SSSR count). The van der Waals surface area contributed by atoms with Crippen molar-refractivity contribution < 1.29 is 29.0 Å². The minimum atomic E-state index is -1.25. The number of nitrogens with zero attached hydrogens (tertiary/aromatic N) is 1. The van der Waals surface area contributed by atoms with Gasteiger partial charge in [0, 0.05) is 18.7 Å². The van der Waals surface area contributed by atoms with Crippen LogP contribution < -0.4 is 16.4 Å². The Bertz CT molecular complexity index is 1450. The summed E-state index contributed by atoms with van der Waals surface area (Å²) < 4.78 is 5.34. The van der Waals surface area contributed by atoms with Crippen LogP contribution in [-0.4, -0.2) is 58.6 Å². The molecule has 2 unspecified atom stereocenters. The maximum absolute atomic E-state index is 14.1. The minimum Gasteiger partial charge on any atom is -0.444 e. The Morgan fingerprint density at radius 2 is 1.67 bits per heavy atom. The van der Waals surface area contributed by atoms with E-state index < -0.39 is 48.1 Å². The molecule has 0 aliphatic heterocycles. The first-order chi connectivity index (χ1) is 19.8. The van der Waals surface area contributed by atoms with Crippen LogP contribution in [-0.2, 0) is 19.1 Å². The highest BCUT2D eigenvalue weighted by Crippen LogP contribution is 2.29. The molecular formula is C32H40N4O6. The Labute approximate surface area is 246 Å². The Morgan fingerprint density at radius 1 is 0.976 bits per heavy atom. The molecule has 0 saturated heterocycles. The molecule has 0 spiro atoms. The summed E-state index contributed by atoms with van der Waals surface area (Å²) in [4.78, 5) is 53.7. The third kappa shape index (κ3) is 8.53. The van der Waals surface area contributed by atoms with Crippen molar-refractivity contribution in [1.29, 1.82) is 0 Å². The van der Waals surface area contributed by atoms with E-state index in [9.17, 15) is 24.3 Å². The van der Waals surface area contributed by atoms with E-state index in [1.165, 1.54) is 4.90 Å². The number of primary amides is 1. The average Bonchev–Trinajstić information content (AvgIpc) is 2.91. The van der Waals surface area contributed by atoms with Gasteiger partial charge in [-0.3, -0.25) is 14.4 Å². The molecule has 0 aliphatic rings. The lowest BCUT2D eigenvalue weighted by molar-refractivity contribution is -0.141. The molecule has 0 fully saturated rings. The molecule has 2 atom stereocenters. The SMILES string of the molecule is Cc1cccc(C(C(=O)Nc2ccc3ccccc3c2)N(CCO)C(=O)C(CCC(N)=O)NC(=O)OC(C)(C)C)c1C. The number of amides is 4. The third-order valence-electron chi connectivity index (χ3n) is 6.81.